The second-order valence-corrected chi connectivity index (χ2v) is 7.15. The zero-order valence-electron chi connectivity index (χ0n) is 15.4. The summed E-state index contributed by atoms with van der Waals surface area (Å²) in [5.41, 5.74) is 1.63. The van der Waals surface area contributed by atoms with Crippen LogP contribution in [0.5, 0.6) is 0 Å². The van der Waals surface area contributed by atoms with Crippen molar-refractivity contribution in [1.82, 2.24) is 9.78 Å². The number of hydrogen-bond donors (Lipinski definition) is 1. The first kappa shape index (κ1) is 17.4. The molecule has 0 radical (unpaired) electrons. The summed E-state index contributed by atoms with van der Waals surface area (Å²) in [6.45, 7) is 4.10. The average Bonchev–Trinajstić information content (AvgIpc) is 3.24. The van der Waals surface area contributed by atoms with Crippen LogP contribution in [-0.2, 0) is 15.0 Å². The fraction of sp³-hybridized carbons (Fsp3) is 0.136. The van der Waals surface area contributed by atoms with Crippen LogP contribution in [0.2, 0.25) is 0 Å². The lowest BCUT2D eigenvalue weighted by atomic mass is 9.72. The normalized spacial score (nSPS) is 19.8. The third-order valence-electron chi connectivity index (χ3n) is 5.56. The number of rotatable bonds is 3. The van der Waals surface area contributed by atoms with E-state index < -0.39 is 5.41 Å². The van der Waals surface area contributed by atoms with Crippen molar-refractivity contribution in [3.05, 3.63) is 84.3 Å². The summed E-state index contributed by atoms with van der Waals surface area (Å²) in [6.07, 6.45) is 3.28. The zero-order valence-corrected chi connectivity index (χ0v) is 15.4. The number of anilines is 2. The number of benzene rings is 2. The van der Waals surface area contributed by atoms with Gasteiger partial charge in [0.2, 0.25) is 11.8 Å². The molecule has 1 atom stereocenters. The summed E-state index contributed by atoms with van der Waals surface area (Å²) in [6, 6.07) is 13.3. The SMILES string of the molecule is C=CCN1C(=O)[C@@]2(CC(=O)Nc3c2cnn3-c2ccc(F)cc2)c2ccccc21. The van der Waals surface area contributed by atoms with Gasteiger partial charge in [-0.25, -0.2) is 9.07 Å². The van der Waals surface area contributed by atoms with E-state index in [1.54, 1.807) is 29.3 Å². The van der Waals surface area contributed by atoms with E-state index in [-0.39, 0.29) is 24.1 Å². The highest BCUT2D eigenvalue weighted by Crippen LogP contribution is 2.52. The minimum atomic E-state index is -1.14. The number of halogens is 1. The van der Waals surface area contributed by atoms with Crippen LogP contribution in [0.3, 0.4) is 0 Å². The molecular formula is C22H17FN4O2. The molecule has 0 bridgehead atoms. The van der Waals surface area contributed by atoms with Gasteiger partial charge in [-0.1, -0.05) is 24.3 Å². The number of aromatic nitrogens is 2. The molecule has 0 aliphatic carbocycles. The highest BCUT2D eigenvalue weighted by Gasteiger charge is 2.56. The highest BCUT2D eigenvalue weighted by molar-refractivity contribution is 6.15. The second kappa shape index (κ2) is 6.13. The van der Waals surface area contributed by atoms with E-state index in [4.69, 9.17) is 0 Å². The molecule has 0 saturated carbocycles. The van der Waals surface area contributed by atoms with Crippen molar-refractivity contribution in [2.75, 3.05) is 16.8 Å². The quantitative estimate of drug-likeness (QED) is 0.701. The van der Waals surface area contributed by atoms with Gasteiger partial charge >= 0.3 is 0 Å². The number of para-hydroxylation sites is 1. The van der Waals surface area contributed by atoms with Gasteiger partial charge < -0.3 is 10.2 Å². The molecule has 144 valence electrons. The molecule has 2 aliphatic rings. The largest absolute Gasteiger partial charge is 0.310 e. The Hall–Kier alpha value is -3.74. The third kappa shape index (κ3) is 2.30. The van der Waals surface area contributed by atoms with Crippen LogP contribution in [0.25, 0.3) is 5.69 Å². The van der Waals surface area contributed by atoms with Crippen LogP contribution >= 0.6 is 0 Å². The summed E-state index contributed by atoms with van der Waals surface area (Å²) in [5, 5.41) is 7.27. The van der Waals surface area contributed by atoms with Crippen LogP contribution in [-0.4, -0.2) is 28.1 Å². The number of hydrogen-bond acceptors (Lipinski definition) is 3. The highest BCUT2D eigenvalue weighted by atomic mass is 19.1. The molecule has 0 fully saturated rings. The van der Waals surface area contributed by atoms with E-state index in [9.17, 15) is 14.0 Å². The monoisotopic (exact) mass is 388 g/mol. The number of nitrogens with one attached hydrogen (secondary N) is 1. The van der Waals surface area contributed by atoms with Gasteiger partial charge in [-0.3, -0.25) is 9.59 Å². The molecule has 3 heterocycles. The van der Waals surface area contributed by atoms with E-state index in [0.29, 0.717) is 23.6 Å². The summed E-state index contributed by atoms with van der Waals surface area (Å²) in [4.78, 5) is 28.0. The maximum absolute atomic E-state index is 13.6. The Morgan fingerprint density at radius 3 is 2.66 bits per heavy atom. The fourth-order valence-electron chi connectivity index (χ4n) is 4.34. The van der Waals surface area contributed by atoms with Gasteiger partial charge in [0.15, 0.2) is 0 Å². The first-order valence-electron chi connectivity index (χ1n) is 9.23. The number of carbonyl (C=O) groups excluding carboxylic acids is 2. The topological polar surface area (TPSA) is 67.2 Å². The van der Waals surface area contributed by atoms with E-state index >= 15 is 0 Å². The standard InChI is InChI=1S/C22H17FN4O2/c1-2-11-26-18-6-4-3-5-16(18)22(21(26)29)12-19(28)25-20-17(22)13-24-27(20)15-9-7-14(23)8-10-15/h2-10,13H,1,11-12H2,(H,25,28)/t22-/m0/s1. The molecule has 2 amide bonds. The predicted octanol–water partition coefficient (Wildman–Crippen LogP) is 3.17. The van der Waals surface area contributed by atoms with E-state index in [1.165, 1.54) is 16.8 Å². The van der Waals surface area contributed by atoms with Gasteiger partial charge in [-0.05, 0) is 35.9 Å². The molecule has 2 aromatic carbocycles. The molecule has 0 unspecified atom stereocenters. The van der Waals surface area contributed by atoms with Crippen LogP contribution in [0.4, 0.5) is 15.9 Å². The molecule has 29 heavy (non-hydrogen) atoms. The van der Waals surface area contributed by atoms with Gasteiger partial charge in [-0.2, -0.15) is 5.10 Å². The number of fused-ring (bicyclic) bond motifs is 4. The molecule has 7 heteroatoms. The first-order valence-corrected chi connectivity index (χ1v) is 9.23. The van der Waals surface area contributed by atoms with E-state index in [0.717, 1.165) is 11.3 Å². The second-order valence-electron chi connectivity index (χ2n) is 7.15. The molecule has 3 aromatic rings. The fourth-order valence-corrected chi connectivity index (χ4v) is 4.34. The van der Waals surface area contributed by atoms with Crippen molar-refractivity contribution in [2.45, 2.75) is 11.8 Å². The van der Waals surface area contributed by atoms with Gasteiger partial charge in [0, 0.05) is 24.2 Å². The number of carbonyl (C=O) groups is 2. The Labute approximate surface area is 166 Å². The Morgan fingerprint density at radius 2 is 1.90 bits per heavy atom. The molecule has 1 spiro atoms. The van der Waals surface area contributed by atoms with Crippen molar-refractivity contribution in [2.24, 2.45) is 0 Å². The molecule has 0 saturated heterocycles. The maximum atomic E-state index is 13.6. The smallest absolute Gasteiger partial charge is 0.243 e. The van der Waals surface area contributed by atoms with Crippen LogP contribution in [0.1, 0.15) is 17.5 Å². The van der Waals surface area contributed by atoms with Gasteiger partial charge in [0.1, 0.15) is 17.1 Å². The minimum Gasteiger partial charge on any atom is -0.310 e. The van der Waals surface area contributed by atoms with E-state index in [1.807, 2.05) is 24.3 Å². The van der Waals surface area contributed by atoms with Crippen molar-refractivity contribution >= 4 is 23.3 Å². The van der Waals surface area contributed by atoms with Crippen molar-refractivity contribution in [3.63, 3.8) is 0 Å². The maximum Gasteiger partial charge on any atom is 0.243 e. The molecule has 5 rings (SSSR count). The predicted molar refractivity (Wildman–Crippen MR) is 107 cm³/mol. The van der Waals surface area contributed by atoms with Crippen LogP contribution in [0, 0.1) is 5.82 Å². The Balaban J connectivity index is 1.75. The van der Waals surface area contributed by atoms with Crippen molar-refractivity contribution in [1.29, 1.82) is 0 Å². The average molecular weight is 388 g/mol. The molecule has 6 nitrogen and oxygen atoms in total. The van der Waals surface area contributed by atoms with Crippen LogP contribution in [0.15, 0.2) is 67.4 Å². The summed E-state index contributed by atoms with van der Waals surface area (Å²) >= 11 is 0. The zero-order chi connectivity index (χ0) is 20.2. The Kier molecular flexibility index (Phi) is 3.67. The minimum absolute atomic E-state index is 0.00139. The Morgan fingerprint density at radius 1 is 1.14 bits per heavy atom. The van der Waals surface area contributed by atoms with Crippen molar-refractivity contribution < 1.29 is 14.0 Å². The Bertz CT molecular complexity index is 1170. The first-order chi connectivity index (χ1) is 14.1. The molecule has 1 aromatic heterocycles. The number of amides is 2. The lowest BCUT2D eigenvalue weighted by molar-refractivity contribution is -0.126. The molecule has 2 aliphatic heterocycles. The molecule has 1 N–H and O–H groups in total. The lowest BCUT2D eigenvalue weighted by Gasteiger charge is -2.32. The van der Waals surface area contributed by atoms with E-state index in [2.05, 4.69) is 17.0 Å². The van der Waals surface area contributed by atoms with Gasteiger partial charge in [0.05, 0.1) is 11.9 Å². The van der Waals surface area contributed by atoms with Gasteiger partial charge in [-0.15, -0.1) is 6.58 Å². The molecular weight excluding hydrogens is 371 g/mol. The van der Waals surface area contributed by atoms with Gasteiger partial charge in [0.25, 0.3) is 0 Å². The number of nitrogens with zero attached hydrogens (tertiary/aromatic N) is 3. The summed E-state index contributed by atoms with van der Waals surface area (Å²) in [5.74, 6) is -0.384. The third-order valence-corrected chi connectivity index (χ3v) is 5.56. The van der Waals surface area contributed by atoms with Crippen LogP contribution < -0.4 is 10.2 Å². The lowest BCUT2D eigenvalue weighted by Crippen LogP contribution is -2.46. The summed E-state index contributed by atoms with van der Waals surface area (Å²) in [7, 11) is 0. The summed E-state index contributed by atoms with van der Waals surface area (Å²) < 4.78 is 14.9. The van der Waals surface area contributed by atoms with Crippen molar-refractivity contribution in [3.8, 4) is 5.69 Å².